The zero-order valence-electron chi connectivity index (χ0n) is 13.9. The van der Waals surface area contributed by atoms with E-state index in [1.165, 1.54) is 10.9 Å². The molecule has 0 saturated carbocycles. The third-order valence-electron chi connectivity index (χ3n) is 4.28. The fraction of sp³-hybridized carbons (Fsp3) is 0.389. The minimum atomic E-state index is -0.959. The predicted molar refractivity (Wildman–Crippen MR) is 95.6 cm³/mol. The zero-order valence-corrected chi connectivity index (χ0v) is 14.7. The molecule has 1 aromatic heterocycles. The molecule has 0 atom stereocenters. The van der Waals surface area contributed by atoms with E-state index in [0.717, 1.165) is 44.9 Å². The number of hydrogen-bond donors (Lipinski definition) is 1. The summed E-state index contributed by atoms with van der Waals surface area (Å²) < 4.78 is 26.0. The molecule has 0 radical (unpaired) electrons. The third-order valence-corrected chi connectivity index (χ3v) is 5.14. The first-order valence-electron chi connectivity index (χ1n) is 8.32. The normalized spacial score (nSPS) is 16.1. The van der Waals surface area contributed by atoms with Crippen LogP contribution in [0.25, 0.3) is 0 Å². The van der Waals surface area contributed by atoms with E-state index in [9.17, 15) is 13.6 Å². The molecule has 1 aliphatic heterocycles. The third kappa shape index (κ3) is 5.32. The number of piperazine rings is 1. The van der Waals surface area contributed by atoms with Crippen LogP contribution in [0.3, 0.4) is 0 Å². The minimum Gasteiger partial charge on any atom is -0.326 e. The number of benzene rings is 1. The molecular formula is C18H21F2N3OS. The van der Waals surface area contributed by atoms with Gasteiger partial charge in [0.05, 0.1) is 0 Å². The number of hydrogen-bond acceptors (Lipinski definition) is 4. The summed E-state index contributed by atoms with van der Waals surface area (Å²) in [5.41, 5.74) is 0.282. The number of amides is 1. The second kappa shape index (κ2) is 8.51. The molecule has 0 aliphatic carbocycles. The van der Waals surface area contributed by atoms with E-state index in [2.05, 4.69) is 32.6 Å². The van der Waals surface area contributed by atoms with Crippen LogP contribution in [0, 0.1) is 11.6 Å². The zero-order chi connectivity index (χ0) is 17.6. The SMILES string of the molecule is O=C(CCN1CCN(Cc2cccs2)CC1)Nc1ccc(F)c(F)c1. The summed E-state index contributed by atoms with van der Waals surface area (Å²) in [6.45, 7) is 5.50. The smallest absolute Gasteiger partial charge is 0.225 e. The van der Waals surface area contributed by atoms with E-state index in [0.29, 0.717) is 13.0 Å². The van der Waals surface area contributed by atoms with Gasteiger partial charge in [-0.2, -0.15) is 0 Å². The Bertz CT molecular complexity index is 700. The van der Waals surface area contributed by atoms with Crippen LogP contribution < -0.4 is 5.32 Å². The molecule has 1 N–H and O–H groups in total. The van der Waals surface area contributed by atoms with Gasteiger partial charge in [-0.1, -0.05) is 6.07 Å². The molecule has 134 valence electrons. The van der Waals surface area contributed by atoms with E-state index >= 15 is 0 Å². The Morgan fingerprint density at radius 2 is 1.84 bits per heavy atom. The average molecular weight is 365 g/mol. The molecule has 1 aromatic carbocycles. The van der Waals surface area contributed by atoms with Crippen molar-refractivity contribution in [3.8, 4) is 0 Å². The molecule has 1 amide bonds. The first kappa shape index (κ1) is 18.0. The van der Waals surface area contributed by atoms with E-state index in [1.54, 1.807) is 11.3 Å². The number of nitrogens with one attached hydrogen (secondary N) is 1. The number of thiophene rings is 1. The molecule has 2 heterocycles. The average Bonchev–Trinajstić information content (AvgIpc) is 3.11. The van der Waals surface area contributed by atoms with E-state index in [4.69, 9.17) is 0 Å². The van der Waals surface area contributed by atoms with Crippen molar-refractivity contribution in [2.75, 3.05) is 38.0 Å². The Morgan fingerprint density at radius 3 is 2.52 bits per heavy atom. The summed E-state index contributed by atoms with van der Waals surface area (Å²) in [5.74, 6) is -2.06. The number of carbonyl (C=O) groups is 1. The van der Waals surface area contributed by atoms with Crippen molar-refractivity contribution >= 4 is 22.9 Å². The lowest BCUT2D eigenvalue weighted by Gasteiger charge is -2.34. The van der Waals surface area contributed by atoms with Crippen LogP contribution >= 0.6 is 11.3 Å². The van der Waals surface area contributed by atoms with Gasteiger partial charge < -0.3 is 10.2 Å². The quantitative estimate of drug-likeness (QED) is 0.854. The number of rotatable bonds is 6. The monoisotopic (exact) mass is 365 g/mol. The molecular weight excluding hydrogens is 344 g/mol. The second-order valence-electron chi connectivity index (χ2n) is 6.12. The number of anilines is 1. The number of halogens is 2. The first-order chi connectivity index (χ1) is 12.1. The lowest BCUT2D eigenvalue weighted by Crippen LogP contribution is -2.46. The summed E-state index contributed by atoms with van der Waals surface area (Å²) in [6, 6.07) is 7.59. The fourth-order valence-corrected chi connectivity index (χ4v) is 3.60. The highest BCUT2D eigenvalue weighted by atomic mass is 32.1. The molecule has 3 rings (SSSR count). The topological polar surface area (TPSA) is 35.6 Å². The molecule has 1 aliphatic rings. The summed E-state index contributed by atoms with van der Waals surface area (Å²) in [4.78, 5) is 18.0. The fourth-order valence-electron chi connectivity index (χ4n) is 2.85. The maximum Gasteiger partial charge on any atom is 0.225 e. The number of nitrogens with zero attached hydrogens (tertiary/aromatic N) is 2. The highest BCUT2D eigenvalue weighted by Crippen LogP contribution is 2.15. The van der Waals surface area contributed by atoms with Gasteiger partial charge in [-0.15, -0.1) is 11.3 Å². The molecule has 4 nitrogen and oxygen atoms in total. The van der Waals surface area contributed by atoms with Gasteiger partial charge in [0.25, 0.3) is 0 Å². The van der Waals surface area contributed by atoms with Crippen molar-refractivity contribution in [2.24, 2.45) is 0 Å². The molecule has 0 unspecified atom stereocenters. The maximum absolute atomic E-state index is 13.1. The Hall–Kier alpha value is -1.83. The molecule has 0 spiro atoms. The molecule has 1 fully saturated rings. The lowest BCUT2D eigenvalue weighted by atomic mass is 10.2. The lowest BCUT2D eigenvalue weighted by molar-refractivity contribution is -0.116. The molecule has 0 bridgehead atoms. The van der Waals surface area contributed by atoms with Crippen LogP contribution in [0.1, 0.15) is 11.3 Å². The summed E-state index contributed by atoms with van der Waals surface area (Å²) in [7, 11) is 0. The Balaban J connectivity index is 1.37. The van der Waals surface area contributed by atoms with Gasteiger partial charge in [0, 0.05) is 62.3 Å². The second-order valence-corrected chi connectivity index (χ2v) is 7.16. The van der Waals surface area contributed by atoms with Crippen molar-refractivity contribution in [1.82, 2.24) is 9.80 Å². The van der Waals surface area contributed by atoms with E-state index in [-0.39, 0.29) is 11.6 Å². The summed E-state index contributed by atoms with van der Waals surface area (Å²) in [5, 5.41) is 4.70. The Labute approximate surface area is 150 Å². The van der Waals surface area contributed by atoms with Gasteiger partial charge in [-0.05, 0) is 23.6 Å². The summed E-state index contributed by atoms with van der Waals surface area (Å²) >= 11 is 1.78. The number of carbonyl (C=O) groups excluding carboxylic acids is 1. The predicted octanol–water partition coefficient (Wildman–Crippen LogP) is 3.17. The van der Waals surface area contributed by atoms with Crippen molar-refractivity contribution in [2.45, 2.75) is 13.0 Å². The van der Waals surface area contributed by atoms with Crippen molar-refractivity contribution in [1.29, 1.82) is 0 Å². The highest BCUT2D eigenvalue weighted by Gasteiger charge is 2.18. The largest absolute Gasteiger partial charge is 0.326 e. The molecule has 25 heavy (non-hydrogen) atoms. The van der Waals surface area contributed by atoms with Gasteiger partial charge in [-0.3, -0.25) is 9.69 Å². The van der Waals surface area contributed by atoms with Crippen molar-refractivity contribution < 1.29 is 13.6 Å². The van der Waals surface area contributed by atoms with Gasteiger partial charge >= 0.3 is 0 Å². The van der Waals surface area contributed by atoms with Crippen LogP contribution in [-0.2, 0) is 11.3 Å². The minimum absolute atomic E-state index is 0.188. The van der Waals surface area contributed by atoms with Crippen LogP contribution in [0.5, 0.6) is 0 Å². The van der Waals surface area contributed by atoms with Gasteiger partial charge in [-0.25, -0.2) is 8.78 Å². The maximum atomic E-state index is 13.1. The van der Waals surface area contributed by atoms with Gasteiger partial charge in [0.1, 0.15) is 0 Å². The van der Waals surface area contributed by atoms with Crippen LogP contribution in [0.2, 0.25) is 0 Å². The Morgan fingerprint density at radius 1 is 1.08 bits per heavy atom. The van der Waals surface area contributed by atoms with E-state index < -0.39 is 11.6 Å². The van der Waals surface area contributed by atoms with Crippen LogP contribution in [0.15, 0.2) is 35.7 Å². The van der Waals surface area contributed by atoms with Crippen LogP contribution in [-0.4, -0.2) is 48.4 Å². The van der Waals surface area contributed by atoms with Crippen molar-refractivity contribution in [3.63, 3.8) is 0 Å². The molecule has 1 saturated heterocycles. The highest BCUT2D eigenvalue weighted by molar-refractivity contribution is 7.09. The van der Waals surface area contributed by atoms with E-state index in [1.807, 2.05) is 0 Å². The first-order valence-corrected chi connectivity index (χ1v) is 9.20. The molecule has 7 heteroatoms. The standard InChI is InChI=1S/C18H21F2N3OS/c19-16-4-3-14(12-17(16)20)21-18(24)5-6-22-7-9-23(10-8-22)13-15-2-1-11-25-15/h1-4,11-12H,5-10,13H2,(H,21,24). The Kier molecular flexibility index (Phi) is 6.12. The van der Waals surface area contributed by atoms with Gasteiger partial charge in [0.2, 0.25) is 5.91 Å². The van der Waals surface area contributed by atoms with Crippen LogP contribution in [0.4, 0.5) is 14.5 Å². The molecule has 2 aromatic rings. The summed E-state index contributed by atoms with van der Waals surface area (Å²) in [6.07, 6.45) is 0.337. The van der Waals surface area contributed by atoms with Gasteiger partial charge in [0.15, 0.2) is 11.6 Å². The van der Waals surface area contributed by atoms with Crippen molar-refractivity contribution in [3.05, 3.63) is 52.2 Å².